The Morgan fingerprint density at radius 3 is 2.71 bits per heavy atom. The molecule has 1 aromatic carbocycles. The maximum absolute atomic E-state index is 6.46. The van der Waals surface area contributed by atoms with Crippen molar-refractivity contribution < 1.29 is 18.9 Å². The normalized spacial score (nSPS) is 34.4. The quantitative estimate of drug-likeness (QED) is 0.848. The zero-order valence-corrected chi connectivity index (χ0v) is 14.8. The second kappa shape index (κ2) is 5.89. The topological polar surface area (TPSA) is 49.8 Å². The van der Waals surface area contributed by atoms with E-state index in [4.69, 9.17) is 18.9 Å². The number of benzene rings is 1. The van der Waals surface area contributed by atoms with Crippen LogP contribution in [-0.2, 0) is 31.2 Å². The Labute approximate surface area is 145 Å². The molecule has 0 amide bonds. The van der Waals surface area contributed by atoms with Crippen LogP contribution in [0.5, 0.6) is 0 Å². The van der Waals surface area contributed by atoms with Gasteiger partial charge in [0.1, 0.15) is 11.1 Å². The molecule has 4 rings (SSSR count). The summed E-state index contributed by atoms with van der Waals surface area (Å²) in [5.74, 6) is -0.700. The first kappa shape index (κ1) is 16.2. The molecule has 3 heterocycles. The highest BCUT2D eigenvalue weighted by molar-refractivity contribution is 7.09. The van der Waals surface area contributed by atoms with Gasteiger partial charge in [-0.3, -0.25) is 0 Å². The molecule has 4 atom stereocenters. The number of nitrogens with zero attached hydrogens (tertiary/aromatic N) is 1. The number of rotatable bonds is 4. The van der Waals surface area contributed by atoms with E-state index in [1.54, 1.807) is 17.5 Å². The molecule has 1 aromatic heterocycles. The van der Waals surface area contributed by atoms with Gasteiger partial charge in [-0.05, 0) is 26.3 Å². The van der Waals surface area contributed by atoms with Gasteiger partial charge in [-0.1, -0.05) is 30.3 Å². The highest BCUT2D eigenvalue weighted by Gasteiger charge is 2.65. The van der Waals surface area contributed by atoms with E-state index in [1.165, 1.54) is 0 Å². The predicted octanol–water partition coefficient (Wildman–Crippen LogP) is 3.45. The molecule has 0 saturated carbocycles. The second-order valence-electron chi connectivity index (χ2n) is 6.61. The minimum absolute atomic E-state index is 0.224. The molecular weight excluding hydrogens is 326 g/mol. The van der Waals surface area contributed by atoms with Gasteiger partial charge in [-0.2, -0.15) is 0 Å². The third-order valence-electron chi connectivity index (χ3n) is 4.51. The van der Waals surface area contributed by atoms with Crippen molar-refractivity contribution in [3.8, 4) is 0 Å². The molecule has 0 bridgehead atoms. The lowest BCUT2D eigenvalue weighted by molar-refractivity contribution is -0.239. The summed E-state index contributed by atoms with van der Waals surface area (Å²) in [7, 11) is 0. The van der Waals surface area contributed by atoms with Gasteiger partial charge in [-0.25, -0.2) is 4.98 Å². The van der Waals surface area contributed by atoms with Gasteiger partial charge in [0.2, 0.25) is 0 Å². The maximum Gasteiger partial charge on any atom is 0.191 e. The molecule has 2 aromatic rings. The van der Waals surface area contributed by atoms with E-state index >= 15 is 0 Å². The molecule has 6 heteroatoms. The fraction of sp³-hybridized carbons (Fsp3) is 0.500. The van der Waals surface area contributed by atoms with Crippen molar-refractivity contribution in [2.24, 2.45) is 0 Å². The third-order valence-corrected chi connectivity index (χ3v) is 5.42. The third kappa shape index (κ3) is 2.59. The predicted molar refractivity (Wildman–Crippen MR) is 89.4 cm³/mol. The largest absolute Gasteiger partial charge is 0.357 e. The van der Waals surface area contributed by atoms with Crippen molar-refractivity contribution in [3.63, 3.8) is 0 Å². The van der Waals surface area contributed by atoms with Crippen LogP contribution in [-0.4, -0.2) is 29.3 Å². The zero-order chi connectivity index (χ0) is 16.8. The van der Waals surface area contributed by atoms with Crippen LogP contribution >= 0.6 is 11.3 Å². The first-order valence-corrected chi connectivity index (χ1v) is 8.98. The minimum atomic E-state index is -0.775. The van der Waals surface area contributed by atoms with Crippen LogP contribution in [0.2, 0.25) is 0 Å². The number of hydrogen-bond acceptors (Lipinski definition) is 6. The van der Waals surface area contributed by atoms with E-state index in [9.17, 15) is 0 Å². The lowest BCUT2D eigenvalue weighted by atomic mass is 9.93. The average Bonchev–Trinajstić information content (AvgIpc) is 3.22. The Hall–Kier alpha value is -1.31. The lowest BCUT2D eigenvalue weighted by Gasteiger charge is -2.35. The van der Waals surface area contributed by atoms with Crippen LogP contribution in [0.1, 0.15) is 31.3 Å². The molecule has 0 aliphatic carbocycles. The standard InChI is InChI=1S/C18H21NO4S/c1-12-18(16-19-9-10-24-16,20-11-13-7-5-4-6-8-13)14-15(21-12)23-17(2,3)22-14/h4-10,12,14-15H,11H2,1-3H3/t12-,14+,15-,18+/m0/s1. The maximum atomic E-state index is 6.46. The van der Waals surface area contributed by atoms with Crippen LogP contribution in [0.25, 0.3) is 0 Å². The molecular formula is C18H21NO4S. The van der Waals surface area contributed by atoms with Crippen LogP contribution in [0, 0.1) is 0 Å². The first-order chi connectivity index (χ1) is 11.5. The van der Waals surface area contributed by atoms with Gasteiger partial charge in [0.25, 0.3) is 0 Å². The molecule has 0 spiro atoms. The summed E-state index contributed by atoms with van der Waals surface area (Å²) >= 11 is 1.56. The SMILES string of the molecule is C[C@@H]1O[C@H]2OC(C)(C)O[C@H]2[C@@]1(OCc1ccccc1)c1nccs1. The average molecular weight is 347 g/mol. The molecule has 5 nitrogen and oxygen atoms in total. The molecule has 2 fully saturated rings. The summed E-state index contributed by atoms with van der Waals surface area (Å²) in [6.07, 6.45) is 0.764. The summed E-state index contributed by atoms with van der Waals surface area (Å²) in [4.78, 5) is 4.52. The number of hydrogen-bond donors (Lipinski definition) is 0. The fourth-order valence-electron chi connectivity index (χ4n) is 3.40. The summed E-state index contributed by atoms with van der Waals surface area (Å²) in [5.41, 5.74) is 0.324. The highest BCUT2D eigenvalue weighted by atomic mass is 32.1. The zero-order valence-electron chi connectivity index (χ0n) is 14.0. The first-order valence-electron chi connectivity index (χ1n) is 8.10. The van der Waals surface area contributed by atoms with Crippen molar-refractivity contribution in [1.29, 1.82) is 0 Å². The Bertz CT molecular complexity index is 690. The molecule has 0 N–H and O–H groups in total. The van der Waals surface area contributed by atoms with Crippen molar-refractivity contribution >= 4 is 11.3 Å². The van der Waals surface area contributed by atoms with Crippen molar-refractivity contribution in [2.75, 3.05) is 0 Å². The molecule has 0 radical (unpaired) electrons. The molecule has 2 aliphatic heterocycles. The van der Waals surface area contributed by atoms with E-state index < -0.39 is 17.7 Å². The Balaban J connectivity index is 1.69. The second-order valence-corrected chi connectivity index (χ2v) is 7.50. The monoisotopic (exact) mass is 347 g/mol. The van der Waals surface area contributed by atoms with Gasteiger partial charge in [0.15, 0.2) is 17.7 Å². The van der Waals surface area contributed by atoms with Crippen LogP contribution in [0.15, 0.2) is 41.9 Å². The number of thiazole rings is 1. The van der Waals surface area contributed by atoms with Gasteiger partial charge in [-0.15, -0.1) is 11.3 Å². The summed E-state index contributed by atoms with van der Waals surface area (Å²) < 4.78 is 24.6. The number of ether oxygens (including phenoxy) is 4. The minimum Gasteiger partial charge on any atom is -0.357 e. The summed E-state index contributed by atoms with van der Waals surface area (Å²) in [5, 5.41) is 2.81. The van der Waals surface area contributed by atoms with E-state index in [-0.39, 0.29) is 12.2 Å². The van der Waals surface area contributed by atoms with E-state index in [0.717, 1.165) is 10.6 Å². The van der Waals surface area contributed by atoms with Crippen LogP contribution in [0.3, 0.4) is 0 Å². The lowest BCUT2D eigenvalue weighted by Crippen LogP contribution is -2.47. The Morgan fingerprint density at radius 1 is 1.21 bits per heavy atom. The van der Waals surface area contributed by atoms with Gasteiger partial charge in [0, 0.05) is 11.6 Å². The van der Waals surface area contributed by atoms with Crippen LogP contribution in [0.4, 0.5) is 0 Å². The van der Waals surface area contributed by atoms with Crippen molar-refractivity contribution in [2.45, 2.75) is 57.3 Å². The van der Waals surface area contributed by atoms with Gasteiger partial charge < -0.3 is 18.9 Å². The van der Waals surface area contributed by atoms with E-state index in [1.807, 2.05) is 56.5 Å². The Kier molecular flexibility index (Phi) is 3.97. The van der Waals surface area contributed by atoms with E-state index in [0.29, 0.717) is 6.61 Å². The van der Waals surface area contributed by atoms with E-state index in [2.05, 4.69) is 4.98 Å². The molecule has 2 aliphatic rings. The Morgan fingerprint density at radius 2 is 2.00 bits per heavy atom. The summed E-state index contributed by atoms with van der Waals surface area (Å²) in [6, 6.07) is 10.1. The molecule has 2 saturated heterocycles. The van der Waals surface area contributed by atoms with Gasteiger partial charge >= 0.3 is 0 Å². The molecule has 128 valence electrons. The summed E-state index contributed by atoms with van der Waals surface area (Å²) in [6.45, 7) is 6.23. The van der Waals surface area contributed by atoms with Crippen LogP contribution < -0.4 is 0 Å². The number of aromatic nitrogens is 1. The van der Waals surface area contributed by atoms with Gasteiger partial charge in [0.05, 0.1) is 12.7 Å². The smallest absolute Gasteiger partial charge is 0.191 e. The number of fused-ring (bicyclic) bond motifs is 1. The highest BCUT2D eigenvalue weighted by Crippen LogP contribution is 2.51. The van der Waals surface area contributed by atoms with Crippen molar-refractivity contribution in [3.05, 3.63) is 52.5 Å². The molecule has 24 heavy (non-hydrogen) atoms. The fourth-order valence-corrected chi connectivity index (χ4v) is 4.30. The molecule has 0 unspecified atom stereocenters. The van der Waals surface area contributed by atoms with Crippen molar-refractivity contribution in [1.82, 2.24) is 4.98 Å².